The summed E-state index contributed by atoms with van der Waals surface area (Å²) in [6.07, 6.45) is 3.32. The number of fused-ring (bicyclic) bond motifs is 2. The molecule has 0 aromatic carbocycles. The lowest BCUT2D eigenvalue weighted by Gasteiger charge is -2.55. The third-order valence-electron chi connectivity index (χ3n) is 5.26. The van der Waals surface area contributed by atoms with Gasteiger partial charge in [-0.1, -0.05) is 13.8 Å². The number of ether oxygens (including phenoxy) is 1. The zero-order valence-electron chi connectivity index (χ0n) is 14.0. The molecule has 0 aromatic heterocycles. The molecule has 0 radical (unpaired) electrons. The van der Waals surface area contributed by atoms with Crippen molar-refractivity contribution < 1.29 is 19.7 Å². The SMILES string of the molecule is CCC(C)(C)C(=O)OC12CC(C)CC(O)(CC(C)(O)C1)C2. The standard InChI is InChI=1S/C17H30O4/c1-6-14(3,4)13(18)21-17-8-12(2)7-16(20,11-17)9-15(5,19)10-17/h12,19-20H,6-11H2,1-5H3. The van der Waals surface area contributed by atoms with Crippen molar-refractivity contribution in [3.63, 3.8) is 0 Å². The summed E-state index contributed by atoms with van der Waals surface area (Å²) in [5.74, 6) is 0.0662. The lowest BCUT2D eigenvalue weighted by atomic mass is 9.59. The highest BCUT2D eigenvalue weighted by Crippen LogP contribution is 2.53. The van der Waals surface area contributed by atoms with Crippen molar-refractivity contribution in [2.75, 3.05) is 0 Å². The summed E-state index contributed by atoms with van der Waals surface area (Å²) >= 11 is 0. The van der Waals surface area contributed by atoms with Crippen LogP contribution in [0.15, 0.2) is 0 Å². The first kappa shape index (κ1) is 16.8. The fourth-order valence-electron chi connectivity index (χ4n) is 4.43. The molecule has 0 heterocycles. The molecule has 2 rings (SSSR count). The zero-order chi connectivity index (χ0) is 16.1. The smallest absolute Gasteiger partial charge is 0.312 e. The number of rotatable bonds is 3. The van der Waals surface area contributed by atoms with Crippen LogP contribution in [0.1, 0.15) is 73.1 Å². The molecule has 4 heteroatoms. The van der Waals surface area contributed by atoms with Gasteiger partial charge in [-0.2, -0.15) is 0 Å². The first-order chi connectivity index (χ1) is 9.41. The highest BCUT2D eigenvalue weighted by molar-refractivity contribution is 5.76. The Balaban J connectivity index is 2.27. The molecule has 4 unspecified atom stereocenters. The summed E-state index contributed by atoms with van der Waals surface area (Å²) in [5, 5.41) is 21.3. The summed E-state index contributed by atoms with van der Waals surface area (Å²) < 4.78 is 5.92. The average molecular weight is 298 g/mol. The zero-order valence-corrected chi connectivity index (χ0v) is 14.0. The largest absolute Gasteiger partial charge is 0.458 e. The van der Waals surface area contributed by atoms with Gasteiger partial charge in [0.15, 0.2) is 0 Å². The van der Waals surface area contributed by atoms with Crippen molar-refractivity contribution in [2.24, 2.45) is 11.3 Å². The van der Waals surface area contributed by atoms with Gasteiger partial charge in [0.05, 0.1) is 16.6 Å². The van der Waals surface area contributed by atoms with Crippen LogP contribution in [0.5, 0.6) is 0 Å². The molecule has 0 aliphatic heterocycles. The van der Waals surface area contributed by atoms with Crippen molar-refractivity contribution in [3.8, 4) is 0 Å². The van der Waals surface area contributed by atoms with Crippen LogP contribution in [0.3, 0.4) is 0 Å². The molecule has 4 nitrogen and oxygen atoms in total. The Morgan fingerprint density at radius 1 is 1.24 bits per heavy atom. The normalized spacial score (nSPS) is 43.5. The molecule has 122 valence electrons. The van der Waals surface area contributed by atoms with E-state index in [4.69, 9.17) is 4.74 Å². The number of aliphatic hydroxyl groups is 2. The van der Waals surface area contributed by atoms with Crippen LogP contribution in [-0.4, -0.2) is 33.0 Å². The third kappa shape index (κ3) is 3.42. The summed E-state index contributed by atoms with van der Waals surface area (Å²) in [6, 6.07) is 0. The van der Waals surface area contributed by atoms with E-state index >= 15 is 0 Å². The Kier molecular flexibility index (Phi) is 3.95. The molecule has 2 aliphatic carbocycles. The van der Waals surface area contributed by atoms with Crippen LogP contribution < -0.4 is 0 Å². The summed E-state index contributed by atoms with van der Waals surface area (Å²) in [5.41, 5.74) is -3.16. The van der Waals surface area contributed by atoms with Crippen molar-refractivity contribution in [2.45, 2.75) is 89.9 Å². The van der Waals surface area contributed by atoms with Crippen molar-refractivity contribution in [1.82, 2.24) is 0 Å². The monoisotopic (exact) mass is 298 g/mol. The number of carbonyl (C=O) groups excluding carboxylic acids is 1. The van der Waals surface area contributed by atoms with E-state index in [1.54, 1.807) is 6.92 Å². The maximum absolute atomic E-state index is 12.5. The van der Waals surface area contributed by atoms with Gasteiger partial charge in [-0.15, -0.1) is 0 Å². The van der Waals surface area contributed by atoms with Crippen LogP contribution >= 0.6 is 0 Å². The molecule has 2 aliphatic rings. The minimum absolute atomic E-state index is 0.223. The van der Waals surface area contributed by atoms with Gasteiger partial charge in [0.2, 0.25) is 0 Å². The average Bonchev–Trinajstić information content (AvgIpc) is 2.22. The molecular formula is C17H30O4. The summed E-state index contributed by atoms with van der Waals surface area (Å²) in [4.78, 5) is 12.5. The summed E-state index contributed by atoms with van der Waals surface area (Å²) in [6.45, 7) is 9.55. The summed E-state index contributed by atoms with van der Waals surface area (Å²) in [7, 11) is 0. The predicted octanol–water partition coefficient (Wildman–Crippen LogP) is 2.80. The topological polar surface area (TPSA) is 66.8 Å². The van der Waals surface area contributed by atoms with E-state index in [-0.39, 0.29) is 11.9 Å². The first-order valence-corrected chi connectivity index (χ1v) is 8.09. The molecule has 2 N–H and O–H groups in total. The first-order valence-electron chi connectivity index (χ1n) is 8.09. The highest BCUT2D eigenvalue weighted by atomic mass is 16.6. The fraction of sp³-hybridized carbons (Fsp3) is 0.941. The van der Waals surface area contributed by atoms with Gasteiger partial charge in [-0.3, -0.25) is 4.79 Å². The molecule has 0 spiro atoms. The van der Waals surface area contributed by atoms with E-state index in [0.717, 1.165) is 6.42 Å². The van der Waals surface area contributed by atoms with Gasteiger partial charge in [0.1, 0.15) is 5.60 Å². The molecule has 2 saturated carbocycles. The lowest BCUT2D eigenvalue weighted by Crippen LogP contribution is -2.61. The van der Waals surface area contributed by atoms with E-state index in [1.165, 1.54) is 0 Å². The van der Waals surface area contributed by atoms with E-state index in [1.807, 2.05) is 20.8 Å². The number of hydrogen-bond acceptors (Lipinski definition) is 4. The highest BCUT2D eigenvalue weighted by Gasteiger charge is 2.58. The molecule has 4 atom stereocenters. The van der Waals surface area contributed by atoms with Crippen LogP contribution in [0.25, 0.3) is 0 Å². The van der Waals surface area contributed by atoms with Gasteiger partial charge in [0.25, 0.3) is 0 Å². The molecule has 0 aromatic rings. The second-order valence-corrected chi connectivity index (χ2v) is 8.58. The molecule has 2 bridgehead atoms. The van der Waals surface area contributed by atoms with E-state index < -0.39 is 22.2 Å². The Morgan fingerprint density at radius 3 is 2.43 bits per heavy atom. The number of hydrogen-bond donors (Lipinski definition) is 2. The Bertz CT molecular complexity index is 425. The quantitative estimate of drug-likeness (QED) is 0.786. The Labute approximate surface area is 127 Å². The number of carbonyl (C=O) groups is 1. The van der Waals surface area contributed by atoms with E-state index in [9.17, 15) is 15.0 Å². The number of esters is 1. The molecule has 21 heavy (non-hydrogen) atoms. The maximum atomic E-state index is 12.5. The molecule has 0 amide bonds. The predicted molar refractivity (Wildman–Crippen MR) is 80.7 cm³/mol. The second kappa shape index (κ2) is 4.95. The van der Waals surface area contributed by atoms with Crippen LogP contribution in [0.2, 0.25) is 0 Å². The van der Waals surface area contributed by atoms with Crippen LogP contribution in [-0.2, 0) is 9.53 Å². The maximum Gasteiger partial charge on any atom is 0.312 e. The van der Waals surface area contributed by atoms with Gasteiger partial charge in [-0.05, 0) is 46.0 Å². The van der Waals surface area contributed by atoms with Crippen LogP contribution in [0, 0.1) is 11.3 Å². The minimum atomic E-state index is -0.982. The molecule has 2 fully saturated rings. The second-order valence-electron chi connectivity index (χ2n) is 8.58. The lowest BCUT2D eigenvalue weighted by molar-refractivity contribution is -0.228. The van der Waals surface area contributed by atoms with Crippen molar-refractivity contribution >= 4 is 5.97 Å². The molecule has 0 saturated heterocycles. The van der Waals surface area contributed by atoms with Gasteiger partial charge >= 0.3 is 5.97 Å². The van der Waals surface area contributed by atoms with Gasteiger partial charge in [0, 0.05) is 19.3 Å². The fourth-order valence-corrected chi connectivity index (χ4v) is 4.43. The van der Waals surface area contributed by atoms with E-state index in [0.29, 0.717) is 32.1 Å². The van der Waals surface area contributed by atoms with Gasteiger partial charge in [-0.25, -0.2) is 0 Å². The Morgan fingerprint density at radius 2 is 1.86 bits per heavy atom. The minimum Gasteiger partial charge on any atom is -0.458 e. The van der Waals surface area contributed by atoms with Crippen molar-refractivity contribution in [1.29, 1.82) is 0 Å². The van der Waals surface area contributed by atoms with E-state index in [2.05, 4.69) is 6.92 Å². The van der Waals surface area contributed by atoms with Crippen LogP contribution in [0.4, 0.5) is 0 Å². The Hall–Kier alpha value is -0.610. The third-order valence-corrected chi connectivity index (χ3v) is 5.26. The molecular weight excluding hydrogens is 268 g/mol. The van der Waals surface area contributed by atoms with Crippen molar-refractivity contribution in [3.05, 3.63) is 0 Å². The van der Waals surface area contributed by atoms with Gasteiger partial charge < -0.3 is 14.9 Å².